The van der Waals surface area contributed by atoms with E-state index in [1.54, 1.807) is 0 Å². The minimum atomic E-state index is -1.71. The van der Waals surface area contributed by atoms with Gasteiger partial charge in [0.05, 0.1) is 27.7 Å². The normalized spacial score (nSPS) is 25.6. The van der Waals surface area contributed by atoms with Gasteiger partial charge in [-0.05, 0) is 36.4 Å². The van der Waals surface area contributed by atoms with Crippen LogP contribution in [0.1, 0.15) is 26.9 Å². The number of fused-ring (bicyclic) bond motifs is 10. The summed E-state index contributed by atoms with van der Waals surface area (Å²) < 4.78 is 36.2. The van der Waals surface area contributed by atoms with Gasteiger partial charge in [0, 0.05) is 33.6 Å². The molecule has 0 unspecified atom stereocenters. The molecule has 2 aromatic heterocycles. The Balaban J connectivity index is 1.72. The number of hydrogen-bond acceptors (Lipinski definition) is 8. The first-order valence-corrected chi connectivity index (χ1v) is 12.1. The largest absolute Gasteiger partial charge is 0.388 e. The highest BCUT2D eigenvalue weighted by Crippen LogP contribution is 2.47. The number of rotatable bonds is 2. The van der Waals surface area contributed by atoms with Crippen molar-refractivity contribution in [1.29, 1.82) is 0 Å². The van der Waals surface area contributed by atoms with Gasteiger partial charge in [-0.1, -0.05) is 0 Å². The number of hydrogen-bond donors (Lipinski definition) is 6. The van der Waals surface area contributed by atoms with E-state index in [4.69, 9.17) is 16.3 Å². The van der Waals surface area contributed by atoms with E-state index in [0.717, 1.165) is 6.07 Å². The third-order valence-electron chi connectivity index (χ3n) is 7.75. The van der Waals surface area contributed by atoms with Crippen LogP contribution in [0.2, 0.25) is 0 Å². The number of aliphatic hydroxyl groups excluding tert-OH is 3. The van der Waals surface area contributed by atoms with Crippen LogP contribution in [0, 0.1) is 11.6 Å². The Morgan fingerprint density at radius 2 is 1.54 bits per heavy atom. The summed E-state index contributed by atoms with van der Waals surface area (Å²) in [7, 11) is 0. The lowest BCUT2D eigenvalue weighted by Crippen LogP contribution is -2.57. The van der Waals surface area contributed by atoms with E-state index in [2.05, 4.69) is 4.98 Å². The fourth-order valence-corrected chi connectivity index (χ4v) is 6.00. The molecule has 4 heterocycles. The third-order valence-corrected chi connectivity index (χ3v) is 7.75. The molecule has 39 heavy (non-hydrogen) atoms. The van der Waals surface area contributed by atoms with E-state index in [1.165, 1.54) is 34.9 Å². The fourth-order valence-electron chi connectivity index (χ4n) is 6.00. The Labute approximate surface area is 216 Å². The monoisotopic (exact) mass is 537 g/mol. The van der Waals surface area contributed by atoms with E-state index >= 15 is 0 Å². The van der Waals surface area contributed by atoms with Crippen LogP contribution in [0.5, 0.6) is 0 Å². The highest BCUT2D eigenvalue weighted by atomic mass is 19.1. The lowest BCUT2D eigenvalue weighted by molar-refractivity contribution is -0.240. The van der Waals surface area contributed by atoms with Gasteiger partial charge in [-0.2, -0.15) is 0 Å². The number of carbonyl (C=O) groups excluding carboxylic acids is 2. The second-order valence-electron chi connectivity index (χ2n) is 9.82. The van der Waals surface area contributed by atoms with Crippen LogP contribution in [0.15, 0.2) is 36.4 Å². The maximum atomic E-state index is 14.7. The number of halogens is 2. The summed E-state index contributed by atoms with van der Waals surface area (Å²) in [6.07, 6.45) is -7.40. The third kappa shape index (κ3) is 2.99. The van der Waals surface area contributed by atoms with Gasteiger partial charge in [0.25, 0.3) is 11.8 Å². The number of aliphatic hydroxyl groups is 3. The van der Waals surface area contributed by atoms with Gasteiger partial charge in [0.2, 0.25) is 0 Å². The summed E-state index contributed by atoms with van der Waals surface area (Å²) in [5.41, 5.74) is 6.63. The lowest BCUT2D eigenvalue weighted by atomic mass is 9.96. The van der Waals surface area contributed by atoms with Gasteiger partial charge < -0.3 is 35.3 Å². The Morgan fingerprint density at radius 3 is 2.23 bits per heavy atom. The zero-order chi connectivity index (χ0) is 27.5. The minimum absolute atomic E-state index is 0.00774. The van der Waals surface area contributed by atoms with Crippen molar-refractivity contribution in [1.82, 2.24) is 14.6 Å². The molecule has 0 saturated carbocycles. The van der Waals surface area contributed by atoms with E-state index in [1.807, 2.05) is 0 Å². The van der Waals surface area contributed by atoms with Gasteiger partial charge >= 0.3 is 0 Å². The molecule has 13 heteroatoms. The maximum Gasteiger partial charge on any atom is 0.276 e. The topological polar surface area (TPSA) is 180 Å². The van der Waals surface area contributed by atoms with E-state index < -0.39 is 54.1 Å². The predicted octanol–water partition coefficient (Wildman–Crippen LogP) is 1.12. The number of nitrogens with one attached hydrogen (secondary N) is 1. The molecule has 0 radical (unpaired) electrons. The molecule has 0 aliphatic carbocycles. The van der Waals surface area contributed by atoms with Crippen molar-refractivity contribution < 1.29 is 38.4 Å². The van der Waals surface area contributed by atoms with Gasteiger partial charge in [0.15, 0.2) is 6.23 Å². The summed E-state index contributed by atoms with van der Waals surface area (Å²) >= 11 is 0. The Morgan fingerprint density at radius 1 is 0.897 bits per heavy atom. The first-order chi connectivity index (χ1) is 18.6. The zero-order valence-electron chi connectivity index (χ0n) is 19.9. The number of aromatic nitrogens is 2. The molecule has 2 aliphatic rings. The molecule has 0 spiro atoms. The molecule has 8 N–H and O–H groups in total. The number of H-pyrrole nitrogens is 1. The molecule has 200 valence electrons. The molecule has 1 saturated heterocycles. The number of nitrogens with two attached hydrogens (primary N) is 2. The Hall–Kier alpha value is -3.98. The van der Waals surface area contributed by atoms with Crippen molar-refractivity contribution in [3.8, 4) is 0 Å². The van der Waals surface area contributed by atoms with Crippen molar-refractivity contribution in [2.45, 2.75) is 30.6 Å². The first-order valence-electron chi connectivity index (χ1n) is 12.1. The van der Waals surface area contributed by atoms with Crippen molar-refractivity contribution in [3.63, 3.8) is 0 Å². The smallest absolute Gasteiger partial charge is 0.276 e. The standard InChI is InChI=1S/C26H21F2N5O6/c27-8-1-3-10-12(5-8)31-19-15(10)17-18(25(38)33(30)24(17)37)16-11-4-2-9(28)6-13(11)32(20(16)19)26-23(36)22(35)21(34)14(7-29)39-26/h1-6,14,21-23,26,31,34-36H,7,29-30H2/t14-,21-,22+,23-,26-/m1/s1. The SMILES string of the molecule is NC[C@H]1O[C@@H](n2c3cc(F)ccc3c3c4c(c5c6ccc(F)cc6[nH]c5c32)C(=O)N(N)C4=O)[C@H](O)[C@@H](O)[C@@H]1O. The van der Waals surface area contributed by atoms with Crippen LogP contribution in [0.25, 0.3) is 43.6 Å². The van der Waals surface area contributed by atoms with E-state index in [9.17, 15) is 33.7 Å². The number of nitrogens with zero attached hydrogens (tertiary/aromatic N) is 2. The van der Waals surface area contributed by atoms with Gasteiger partial charge in [-0.15, -0.1) is 0 Å². The number of hydrazine groups is 1. The number of amides is 2. The maximum absolute atomic E-state index is 14.7. The van der Waals surface area contributed by atoms with Gasteiger partial charge in [-0.25, -0.2) is 19.6 Å². The molecular formula is C26H21F2N5O6. The molecule has 11 nitrogen and oxygen atoms in total. The molecular weight excluding hydrogens is 516 g/mol. The number of benzene rings is 3. The minimum Gasteiger partial charge on any atom is -0.388 e. The quantitative estimate of drug-likeness (QED) is 0.110. The van der Waals surface area contributed by atoms with Crippen LogP contribution >= 0.6 is 0 Å². The molecule has 3 aromatic carbocycles. The van der Waals surface area contributed by atoms with Crippen LogP contribution in [-0.4, -0.2) is 72.7 Å². The molecule has 1 fully saturated rings. The molecule has 0 bridgehead atoms. The summed E-state index contributed by atoms with van der Waals surface area (Å²) in [6.45, 7) is -0.210. The van der Waals surface area contributed by atoms with Crippen molar-refractivity contribution >= 4 is 55.4 Å². The molecule has 2 aliphatic heterocycles. The Bertz CT molecular complexity index is 1900. The van der Waals surface area contributed by atoms with Crippen LogP contribution in [-0.2, 0) is 4.74 Å². The number of carbonyl (C=O) groups is 2. The summed E-state index contributed by atoms with van der Waals surface area (Å²) in [5, 5.41) is 33.8. The number of ether oxygens (including phenoxy) is 1. The Kier molecular flexibility index (Phi) is 4.95. The van der Waals surface area contributed by atoms with Crippen LogP contribution in [0.3, 0.4) is 0 Å². The molecule has 2 amide bonds. The zero-order valence-corrected chi connectivity index (χ0v) is 19.9. The summed E-state index contributed by atoms with van der Waals surface area (Å²) in [4.78, 5) is 29.8. The highest BCUT2D eigenvalue weighted by Gasteiger charge is 2.46. The second kappa shape index (κ2) is 8.02. The van der Waals surface area contributed by atoms with Crippen molar-refractivity contribution in [2.24, 2.45) is 11.6 Å². The number of imide groups is 1. The number of aromatic amines is 1. The first kappa shape index (κ1) is 24.1. The fraction of sp³-hybridized carbons (Fsp3) is 0.231. The van der Waals surface area contributed by atoms with Crippen molar-refractivity contribution in [3.05, 3.63) is 59.2 Å². The lowest BCUT2D eigenvalue weighted by Gasteiger charge is -2.41. The molecule has 5 atom stereocenters. The summed E-state index contributed by atoms with van der Waals surface area (Å²) in [5.74, 6) is 3.08. The van der Waals surface area contributed by atoms with Crippen molar-refractivity contribution in [2.75, 3.05) is 6.54 Å². The van der Waals surface area contributed by atoms with Gasteiger partial charge in [0.1, 0.15) is 36.1 Å². The van der Waals surface area contributed by atoms with Crippen LogP contribution in [0.4, 0.5) is 8.78 Å². The highest BCUT2D eigenvalue weighted by molar-refractivity contribution is 6.39. The van der Waals surface area contributed by atoms with Crippen LogP contribution < -0.4 is 11.6 Å². The average molecular weight is 537 g/mol. The van der Waals surface area contributed by atoms with Gasteiger partial charge in [-0.3, -0.25) is 9.59 Å². The predicted molar refractivity (Wildman–Crippen MR) is 134 cm³/mol. The molecule has 5 aromatic rings. The van der Waals surface area contributed by atoms with E-state index in [0.29, 0.717) is 21.3 Å². The van der Waals surface area contributed by atoms with E-state index in [-0.39, 0.29) is 45.0 Å². The summed E-state index contributed by atoms with van der Waals surface area (Å²) in [6, 6.07) is 7.62. The average Bonchev–Trinajstić information content (AvgIpc) is 3.51. The molecule has 7 rings (SSSR count). The second-order valence-corrected chi connectivity index (χ2v) is 9.82.